The largest absolute Gasteiger partial charge is 0.370 e. The highest BCUT2D eigenvalue weighted by atomic mass is 15.1. The van der Waals surface area contributed by atoms with Gasteiger partial charge in [0.25, 0.3) is 0 Å². The number of anilines is 2. The summed E-state index contributed by atoms with van der Waals surface area (Å²) in [6.07, 6.45) is 5.86. The summed E-state index contributed by atoms with van der Waals surface area (Å²) in [4.78, 5) is 9.28. The minimum atomic E-state index is 0.618. The Hall–Kier alpha value is -1.32. The molecule has 1 aliphatic carbocycles. The van der Waals surface area contributed by atoms with Gasteiger partial charge >= 0.3 is 0 Å². The molecule has 0 radical (unpaired) electrons. The Balaban J connectivity index is 2.10. The van der Waals surface area contributed by atoms with Crippen LogP contribution >= 0.6 is 0 Å². The van der Waals surface area contributed by atoms with Crippen molar-refractivity contribution in [1.82, 2.24) is 9.97 Å². The van der Waals surface area contributed by atoms with Gasteiger partial charge < -0.3 is 10.6 Å². The molecular formula is C16H28N4. The highest BCUT2D eigenvalue weighted by molar-refractivity contribution is 5.58. The monoisotopic (exact) mass is 276 g/mol. The molecule has 0 saturated heterocycles. The molecular weight excluding hydrogens is 248 g/mol. The molecule has 2 N–H and O–H groups in total. The number of aryl methyl sites for hydroxylation is 1. The fraction of sp³-hybridized carbons (Fsp3) is 0.750. The van der Waals surface area contributed by atoms with Crippen molar-refractivity contribution in [3.63, 3.8) is 0 Å². The second-order valence-electron chi connectivity index (χ2n) is 5.78. The molecule has 2 rings (SSSR count). The zero-order chi connectivity index (χ0) is 14.5. The molecule has 2 atom stereocenters. The molecule has 2 unspecified atom stereocenters. The van der Waals surface area contributed by atoms with Crippen molar-refractivity contribution >= 4 is 11.6 Å². The standard InChI is InChI=1S/C16H28N4/c1-5-8-12-10-13(12)18-16-11(4)15(17-9-6-2)19-14(7-3)20-16/h12-13H,5-10H2,1-4H3,(H2,17,18,19,20). The van der Waals surface area contributed by atoms with Crippen LogP contribution in [0.2, 0.25) is 0 Å². The van der Waals surface area contributed by atoms with Gasteiger partial charge in [-0.3, -0.25) is 0 Å². The first-order valence-corrected chi connectivity index (χ1v) is 8.07. The van der Waals surface area contributed by atoms with Crippen LogP contribution < -0.4 is 10.6 Å². The van der Waals surface area contributed by atoms with Crippen LogP contribution in [0.5, 0.6) is 0 Å². The van der Waals surface area contributed by atoms with Gasteiger partial charge in [0.1, 0.15) is 17.5 Å². The van der Waals surface area contributed by atoms with E-state index in [1.807, 2.05) is 0 Å². The lowest BCUT2D eigenvalue weighted by atomic mass is 10.2. The first-order valence-electron chi connectivity index (χ1n) is 8.07. The highest BCUT2D eigenvalue weighted by Crippen LogP contribution is 2.37. The number of hydrogen-bond acceptors (Lipinski definition) is 4. The van der Waals surface area contributed by atoms with Gasteiger partial charge in [-0.25, -0.2) is 9.97 Å². The Bertz CT molecular complexity index is 444. The summed E-state index contributed by atoms with van der Waals surface area (Å²) in [7, 11) is 0. The third-order valence-electron chi connectivity index (χ3n) is 3.95. The van der Waals surface area contributed by atoms with Crippen molar-refractivity contribution in [3.8, 4) is 0 Å². The predicted molar refractivity (Wildman–Crippen MR) is 85.4 cm³/mol. The topological polar surface area (TPSA) is 49.8 Å². The number of hydrogen-bond donors (Lipinski definition) is 2. The van der Waals surface area contributed by atoms with E-state index in [0.29, 0.717) is 6.04 Å². The van der Waals surface area contributed by atoms with Crippen molar-refractivity contribution in [3.05, 3.63) is 11.4 Å². The lowest BCUT2D eigenvalue weighted by Gasteiger charge is -2.14. The normalized spacial score (nSPS) is 20.8. The van der Waals surface area contributed by atoms with Gasteiger partial charge in [-0.05, 0) is 32.1 Å². The Labute approximate surface area is 122 Å². The van der Waals surface area contributed by atoms with E-state index in [1.165, 1.54) is 19.3 Å². The average molecular weight is 276 g/mol. The van der Waals surface area contributed by atoms with E-state index < -0.39 is 0 Å². The molecule has 1 saturated carbocycles. The number of rotatable bonds is 8. The van der Waals surface area contributed by atoms with Crippen LogP contribution in [-0.4, -0.2) is 22.6 Å². The molecule has 20 heavy (non-hydrogen) atoms. The molecule has 0 amide bonds. The Morgan fingerprint density at radius 1 is 1.10 bits per heavy atom. The smallest absolute Gasteiger partial charge is 0.135 e. The van der Waals surface area contributed by atoms with Crippen LogP contribution in [0.25, 0.3) is 0 Å². The van der Waals surface area contributed by atoms with Crippen LogP contribution in [0.4, 0.5) is 11.6 Å². The van der Waals surface area contributed by atoms with E-state index in [1.54, 1.807) is 0 Å². The molecule has 0 bridgehead atoms. The molecule has 0 aliphatic heterocycles. The molecule has 1 aromatic heterocycles. The van der Waals surface area contributed by atoms with Gasteiger partial charge in [0, 0.05) is 24.6 Å². The van der Waals surface area contributed by atoms with E-state index in [-0.39, 0.29) is 0 Å². The molecule has 0 aromatic carbocycles. The highest BCUT2D eigenvalue weighted by Gasteiger charge is 2.36. The van der Waals surface area contributed by atoms with Crippen molar-refractivity contribution in [1.29, 1.82) is 0 Å². The number of aromatic nitrogens is 2. The van der Waals surface area contributed by atoms with Crippen LogP contribution in [-0.2, 0) is 6.42 Å². The van der Waals surface area contributed by atoms with Gasteiger partial charge in [-0.1, -0.05) is 27.2 Å². The van der Waals surface area contributed by atoms with Crippen molar-refractivity contribution < 1.29 is 0 Å². The summed E-state index contributed by atoms with van der Waals surface area (Å²) < 4.78 is 0. The van der Waals surface area contributed by atoms with Gasteiger partial charge in [-0.15, -0.1) is 0 Å². The second kappa shape index (κ2) is 6.91. The van der Waals surface area contributed by atoms with Crippen molar-refractivity contribution in [2.75, 3.05) is 17.2 Å². The maximum atomic E-state index is 4.67. The SMILES string of the molecule is CCCNc1nc(CC)nc(NC2CC2CCC)c1C. The Morgan fingerprint density at radius 2 is 1.85 bits per heavy atom. The maximum absolute atomic E-state index is 4.67. The molecule has 1 aliphatic rings. The fourth-order valence-electron chi connectivity index (χ4n) is 2.57. The summed E-state index contributed by atoms with van der Waals surface area (Å²) in [6.45, 7) is 9.60. The molecule has 1 heterocycles. The number of nitrogens with zero attached hydrogens (tertiary/aromatic N) is 2. The van der Waals surface area contributed by atoms with Crippen LogP contribution in [0.15, 0.2) is 0 Å². The summed E-state index contributed by atoms with van der Waals surface area (Å²) in [5.41, 5.74) is 1.15. The first-order chi connectivity index (χ1) is 9.69. The van der Waals surface area contributed by atoms with Crippen molar-refractivity contribution in [2.24, 2.45) is 5.92 Å². The minimum absolute atomic E-state index is 0.618. The lowest BCUT2D eigenvalue weighted by Crippen LogP contribution is -2.13. The Morgan fingerprint density at radius 3 is 2.50 bits per heavy atom. The van der Waals surface area contributed by atoms with E-state index >= 15 is 0 Å². The molecule has 1 aromatic rings. The number of nitrogens with one attached hydrogen (secondary N) is 2. The fourth-order valence-corrected chi connectivity index (χ4v) is 2.57. The summed E-state index contributed by atoms with van der Waals surface area (Å²) in [5.74, 6) is 3.78. The van der Waals surface area contributed by atoms with E-state index in [0.717, 1.165) is 48.3 Å². The Kier molecular flexibility index (Phi) is 5.21. The lowest BCUT2D eigenvalue weighted by molar-refractivity contribution is 0.691. The minimum Gasteiger partial charge on any atom is -0.370 e. The third kappa shape index (κ3) is 3.62. The predicted octanol–water partition coefficient (Wildman–Crippen LogP) is 3.77. The molecule has 4 nitrogen and oxygen atoms in total. The maximum Gasteiger partial charge on any atom is 0.135 e. The van der Waals surface area contributed by atoms with Gasteiger partial charge in [0.2, 0.25) is 0 Å². The quantitative estimate of drug-likeness (QED) is 0.759. The van der Waals surface area contributed by atoms with Gasteiger partial charge in [0.05, 0.1) is 0 Å². The van der Waals surface area contributed by atoms with Crippen molar-refractivity contribution in [2.45, 2.75) is 65.8 Å². The summed E-state index contributed by atoms with van der Waals surface area (Å²) >= 11 is 0. The van der Waals surface area contributed by atoms with E-state index in [4.69, 9.17) is 0 Å². The summed E-state index contributed by atoms with van der Waals surface area (Å²) in [6, 6.07) is 0.618. The zero-order valence-corrected chi connectivity index (χ0v) is 13.3. The molecule has 0 spiro atoms. The summed E-state index contributed by atoms with van der Waals surface area (Å²) in [5, 5.41) is 7.04. The van der Waals surface area contributed by atoms with Gasteiger partial charge in [-0.2, -0.15) is 0 Å². The van der Waals surface area contributed by atoms with E-state index in [9.17, 15) is 0 Å². The molecule has 1 fully saturated rings. The van der Waals surface area contributed by atoms with Crippen LogP contribution in [0.1, 0.15) is 57.8 Å². The molecule has 112 valence electrons. The second-order valence-corrected chi connectivity index (χ2v) is 5.78. The van der Waals surface area contributed by atoms with Crippen LogP contribution in [0.3, 0.4) is 0 Å². The molecule has 4 heteroatoms. The third-order valence-corrected chi connectivity index (χ3v) is 3.95. The average Bonchev–Trinajstić information content (AvgIpc) is 3.18. The first kappa shape index (κ1) is 15.1. The van der Waals surface area contributed by atoms with Crippen LogP contribution in [0, 0.1) is 12.8 Å². The zero-order valence-electron chi connectivity index (χ0n) is 13.3. The van der Waals surface area contributed by atoms with E-state index in [2.05, 4.69) is 48.3 Å². The van der Waals surface area contributed by atoms with Gasteiger partial charge in [0.15, 0.2) is 0 Å².